The Hall–Kier alpha value is -5.14. The van der Waals surface area contributed by atoms with Gasteiger partial charge in [0.25, 0.3) is 11.5 Å². The summed E-state index contributed by atoms with van der Waals surface area (Å²) in [7, 11) is 3.51. The van der Waals surface area contributed by atoms with E-state index in [-0.39, 0.29) is 29.8 Å². The van der Waals surface area contributed by atoms with Crippen LogP contribution in [-0.2, 0) is 11.3 Å². The first kappa shape index (κ1) is 32.8. The van der Waals surface area contributed by atoms with E-state index in [1.54, 1.807) is 41.0 Å². The van der Waals surface area contributed by atoms with Gasteiger partial charge in [0.15, 0.2) is 17.2 Å². The number of hydrogen-bond donors (Lipinski definition) is 2. The Morgan fingerprint density at radius 3 is 2.48 bits per heavy atom. The molecule has 1 aromatic carbocycles. The molecule has 0 bridgehead atoms. The summed E-state index contributed by atoms with van der Waals surface area (Å²) in [5.74, 6) is 0.577. The topological polar surface area (TPSA) is 135 Å². The molecule has 6 rings (SSSR count). The summed E-state index contributed by atoms with van der Waals surface area (Å²) in [5, 5.41) is 10.5. The summed E-state index contributed by atoms with van der Waals surface area (Å²) in [6.45, 7) is 6.95. The molecule has 2 aliphatic rings. The van der Waals surface area contributed by atoms with E-state index in [1.807, 2.05) is 57.0 Å². The normalized spacial score (nSPS) is 18.0. The van der Waals surface area contributed by atoms with Crippen LogP contribution in [0.5, 0.6) is 5.75 Å². The van der Waals surface area contributed by atoms with E-state index >= 15 is 0 Å². The summed E-state index contributed by atoms with van der Waals surface area (Å²) < 4.78 is 27.5. The van der Waals surface area contributed by atoms with Crippen molar-refractivity contribution in [1.82, 2.24) is 29.4 Å². The van der Waals surface area contributed by atoms with Crippen LogP contribution in [0.2, 0.25) is 0 Å². The van der Waals surface area contributed by atoms with Gasteiger partial charge in [-0.2, -0.15) is 0 Å². The molecule has 3 aromatic heterocycles. The van der Waals surface area contributed by atoms with E-state index in [0.29, 0.717) is 55.3 Å². The van der Waals surface area contributed by atoms with Gasteiger partial charge in [-0.15, -0.1) is 5.10 Å². The van der Waals surface area contributed by atoms with Crippen molar-refractivity contribution in [1.29, 1.82) is 0 Å². The molecule has 13 nitrogen and oxygen atoms in total. The molecular formula is C34H41FN8O5. The summed E-state index contributed by atoms with van der Waals surface area (Å²) in [4.78, 5) is 47.6. The highest BCUT2D eigenvalue weighted by Crippen LogP contribution is 2.29. The number of aromatic nitrogens is 4. The van der Waals surface area contributed by atoms with Gasteiger partial charge in [0, 0.05) is 51.4 Å². The highest BCUT2D eigenvalue weighted by atomic mass is 19.1. The van der Waals surface area contributed by atoms with Crippen LogP contribution >= 0.6 is 0 Å². The molecule has 0 radical (unpaired) electrons. The van der Waals surface area contributed by atoms with Gasteiger partial charge in [-0.05, 0) is 63.4 Å². The standard InChI is InChI=1S/C34H41FN8O5/c1-34(2,3)48-33(46)41-15-12-22(13-16-41)42-14-6-7-25(32(42)45)37-29-18-27(40(4)20-21-8-10-23(47-5)11-9-21)30-36-19-28(43(30)39-29)31(44)38-26-17-24(26)35/h6-11,14,18-19,22,24,26H,12-13,15-17,20H2,1-5H3,(H,37,39)(H,38,44)/t24-,26+/m0/s1. The molecule has 14 heteroatoms. The number of nitrogens with one attached hydrogen (secondary N) is 2. The fraction of sp³-hybridized carbons (Fsp3) is 0.441. The third kappa shape index (κ3) is 7.21. The summed E-state index contributed by atoms with van der Waals surface area (Å²) in [6.07, 6.45) is 3.23. The van der Waals surface area contributed by atoms with Crippen LogP contribution in [0.15, 0.2) is 59.7 Å². The number of piperidine rings is 1. The summed E-state index contributed by atoms with van der Waals surface area (Å²) in [6, 6.07) is 12.3. The number of ether oxygens (including phenoxy) is 2. The van der Waals surface area contributed by atoms with Gasteiger partial charge in [0.1, 0.15) is 23.2 Å². The summed E-state index contributed by atoms with van der Waals surface area (Å²) in [5.41, 5.74) is 1.72. The van der Waals surface area contributed by atoms with E-state index < -0.39 is 23.7 Å². The third-order valence-electron chi connectivity index (χ3n) is 8.45. The molecule has 2 atom stereocenters. The lowest BCUT2D eigenvalue weighted by molar-refractivity contribution is 0.0187. The zero-order valence-electron chi connectivity index (χ0n) is 27.8. The van der Waals surface area contributed by atoms with Crippen LogP contribution in [0.4, 0.5) is 26.4 Å². The van der Waals surface area contributed by atoms with Crippen LogP contribution in [0, 0.1) is 0 Å². The molecule has 4 aromatic rings. The van der Waals surface area contributed by atoms with Crippen LogP contribution in [0.25, 0.3) is 5.65 Å². The van der Waals surface area contributed by atoms with Crippen LogP contribution in [-0.4, -0.2) is 81.1 Å². The minimum atomic E-state index is -1.06. The number of halogens is 1. The first-order valence-electron chi connectivity index (χ1n) is 16.0. The molecule has 1 aliphatic carbocycles. The number of carbonyl (C=O) groups excluding carboxylic acids is 2. The Bertz CT molecular complexity index is 1860. The number of rotatable bonds is 9. The van der Waals surface area contributed by atoms with Crippen molar-refractivity contribution in [2.75, 3.05) is 37.5 Å². The lowest BCUT2D eigenvalue weighted by Gasteiger charge is -2.34. The number of amides is 2. The van der Waals surface area contributed by atoms with E-state index in [4.69, 9.17) is 9.47 Å². The Labute approximate surface area is 277 Å². The highest BCUT2D eigenvalue weighted by molar-refractivity contribution is 5.94. The number of nitrogens with zero attached hydrogens (tertiary/aromatic N) is 6. The molecule has 2 fully saturated rings. The smallest absolute Gasteiger partial charge is 0.410 e. The lowest BCUT2D eigenvalue weighted by atomic mass is 10.0. The number of imidazole rings is 1. The molecule has 2 N–H and O–H groups in total. The predicted molar refractivity (Wildman–Crippen MR) is 179 cm³/mol. The van der Waals surface area contributed by atoms with Gasteiger partial charge >= 0.3 is 6.09 Å². The molecule has 0 spiro atoms. The van der Waals surface area contributed by atoms with Crippen molar-refractivity contribution in [3.8, 4) is 5.75 Å². The number of methoxy groups -OCH3 is 1. The SMILES string of the molecule is COc1ccc(CN(C)c2cc(Nc3cccn(C4CCN(C(=O)OC(C)(C)C)CC4)c3=O)nn3c(C(=O)N[C@@H]4C[C@@H]4F)cnc23)cc1. The zero-order chi connectivity index (χ0) is 34.2. The average Bonchev–Trinajstić information content (AvgIpc) is 3.57. The largest absolute Gasteiger partial charge is 0.497 e. The Morgan fingerprint density at radius 2 is 1.83 bits per heavy atom. The minimum Gasteiger partial charge on any atom is -0.497 e. The fourth-order valence-corrected chi connectivity index (χ4v) is 5.78. The van der Waals surface area contributed by atoms with E-state index in [2.05, 4.69) is 20.7 Å². The maximum atomic E-state index is 13.8. The van der Waals surface area contributed by atoms with Crippen LogP contribution in [0.1, 0.15) is 62.1 Å². The molecule has 254 valence electrons. The van der Waals surface area contributed by atoms with Gasteiger partial charge in [0.05, 0.1) is 25.0 Å². The van der Waals surface area contributed by atoms with Crippen molar-refractivity contribution >= 4 is 34.8 Å². The highest BCUT2D eigenvalue weighted by Gasteiger charge is 2.39. The number of likely N-dealkylation sites (tertiary alicyclic amines) is 1. The average molecular weight is 661 g/mol. The molecule has 1 aliphatic heterocycles. The number of fused-ring (bicyclic) bond motifs is 1. The molecule has 0 unspecified atom stereocenters. The van der Waals surface area contributed by atoms with Crippen molar-refractivity contribution in [2.45, 2.75) is 70.4 Å². The number of carbonyl (C=O) groups is 2. The summed E-state index contributed by atoms with van der Waals surface area (Å²) >= 11 is 0. The van der Waals surface area contributed by atoms with E-state index in [0.717, 1.165) is 11.3 Å². The van der Waals surface area contributed by atoms with Crippen molar-refractivity contribution in [3.05, 3.63) is 76.5 Å². The van der Waals surface area contributed by atoms with Gasteiger partial charge < -0.3 is 34.5 Å². The van der Waals surface area contributed by atoms with E-state index in [1.165, 1.54) is 10.7 Å². The number of benzene rings is 1. The second-order valence-corrected chi connectivity index (χ2v) is 13.3. The molecule has 2 amide bonds. The van der Waals surface area contributed by atoms with E-state index in [9.17, 15) is 18.8 Å². The van der Waals surface area contributed by atoms with Gasteiger partial charge in [-0.25, -0.2) is 18.7 Å². The number of anilines is 3. The Kier molecular flexibility index (Phi) is 8.99. The molecular weight excluding hydrogens is 619 g/mol. The van der Waals surface area contributed by atoms with Crippen molar-refractivity contribution < 1.29 is 23.5 Å². The Balaban J connectivity index is 1.27. The number of alkyl halides is 1. The van der Waals surface area contributed by atoms with Gasteiger partial charge in [-0.3, -0.25) is 9.59 Å². The van der Waals surface area contributed by atoms with Crippen molar-refractivity contribution in [3.63, 3.8) is 0 Å². The number of pyridine rings is 1. The first-order chi connectivity index (χ1) is 22.9. The Morgan fingerprint density at radius 1 is 1.12 bits per heavy atom. The molecule has 4 heterocycles. The minimum absolute atomic E-state index is 0.106. The first-order valence-corrected chi connectivity index (χ1v) is 16.0. The molecule has 48 heavy (non-hydrogen) atoms. The number of hydrogen-bond acceptors (Lipinski definition) is 9. The second kappa shape index (κ2) is 13.2. The third-order valence-corrected chi connectivity index (χ3v) is 8.45. The monoisotopic (exact) mass is 660 g/mol. The lowest BCUT2D eigenvalue weighted by Crippen LogP contribution is -2.43. The van der Waals surface area contributed by atoms with Gasteiger partial charge in [0.2, 0.25) is 0 Å². The molecule has 1 saturated heterocycles. The van der Waals surface area contributed by atoms with Crippen LogP contribution < -0.4 is 25.8 Å². The van der Waals surface area contributed by atoms with Crippen LogP contribution in [0.3, 0.4) is 0 Å². The predicted octanol–water partition coefficient (Wildman–Crippen LogP) is 4.69. The van der Waals surface area contributed by atoms with Crippen molar-refractivity contribution in [2.24, 2.45) is 0 Å². The quantitative estimate of drug-likeness (QED) is 0.262. The fourth-order valence-electron chi connectivity index (χ4n) is 5.78. The second-order valence-electron chi connectivity index (χ2n) is 13.3. The zero-order valence-corrected chi connectivity index (χ0v) is 27.8. The van der Waals surface area contributed by atoms with Gasteiger partial charge in [-0.1, -0.05) is 12.1 Å². The molecule has 1 saturated carbocycles. The maximum absolute atomic E-state index is 13.8. The maximum Gasteiger partial charge on any atom is 0.410 e.